The Morgan fingerprint density at radius 1 is 0.418 bits per heavy atom. The van der Waals surface area contributed by atoms with Crippen LogP contribution in [0.2, 0.25) is 0 Å². The molecule has 0 amide bonds. The highest BCUT2D eigenvalue weighted by molar-refractivity contribution is 6.20. The topological polar surface area (TPSA) is 8.81 Å². The second kappa shape index (κ2) is 12.1. The molecule has 0 saturated carbocycles. The van der Waals surface area contributed by atoms with Crippen molar-refractivity contribution in [2.75, 3.05) is 0 Å². The maximum absolute atomic E-state index is 2.69. The lowest BCUT2D eigenvalue weighted by atomic mass is 9.72. The Morgan fingerprint density at radius 3 is 1.61 bits per heavy atom. The van der Waals surface area contributed by atoms with Crippen molar-refractivity contribution in [3.05, 3.63) is 205 Å². The Balaban J connectivity index is 1.20. The molecule has 5 aliphatic heterocycles. The SMILES string of the molecule is CC(C)(C)c1cc2c(cc1C(C)(C)C)-c1ccc3c4ccccc4n4c3c1[N+]1(c3c-2cccc3[N+]23c5ccccc5[N+]2(c2c(-c5ccccc5)cccc2-c2ccccc2)C13)[n+]1ccccc1-4. The van der Waals surface area contributed by atoms with Gasteiger partial charge in [0.1, 0.15) is 5.52 Å². The molecule has 4 atom stereocenters. The molecule has 2 spiro atoms. The Hall–Kier alpha value is -7.41. The number of pyridine rings is 1. The summed E-state index contributed by atoms with van der Waals surface area (Å²) in [5, 5.41) is 2.57. The molecule has 67 heavy (non-hydrogen) atoms. The van der Waals surface area contributed by atoms with Crippen LogP contribution >= 0.6 is 0 Å². The number of aromatic nitrogens is 2. The Morgan fingerprint density at radius 2 is 0.955 bits per heavy atom. The highest BCUT2D eigenvalue weighted by Crippen LogP contribution is 2.86. The first kappa shape index (κ1) is 37.8. The van der Waals surface area contributed by atoms with Gasteiger partial charge in [-0.05, 0) is 110 Å². The summed E-state index contributed by atoms with van der Waals surface area (Å²) in [6, 6.07) is 72.2. The molecule has 4 unspecified atom stereocenters. The zero-order valence-electron chi connectivity index (χ0n) is 38.8. The molecule has 320 valence electrons. The van der Waals surface area contributed by atoms with Crippen LogP contribution in [0, 0.1) is 0 Å². The monoisotopic (exact) mass is 865 g/mol. The lowest BCUT2D eigenvalue weighted by Gasteiger charge is -2.35. The highest BCUT2D eigenvalue weighted by atomic mass is 16.2. The number of benzene rings is 8. The lowest BCUT2D eigenvalue weighted by molar-refractivity contribution is -0.793. The second-order valence-electron chi connectivity index (χ2n) is 21.6. The third-order valence-corrected chi connectivity index (χ3v) is 16.2. The van der Waals surface area contributed by atoms with Crippen molar-refractivity contribution in [2.24, 2.45) is 0 Å². The van der Waals surface area contributed by atoms with E-state index in [1.54, 1.807) is 0 Å². The summed E-state index contributed by atoms with van der Waals surface area (Å²) in [5.74, 6) is 1.17. The average Bonchev–Trinajstić information content (AvgIpc) is 3.59. The van der Waals surface area contributed by atoms with Gasteiger partial charge in [-0.25, -0.2) is 0 Å². The van der Waals surface area contributed by atoms with E-state index >= 15 is 0 Å². The van der Waals surface area contributed by atoms with Gasteiger partial charge in [0.2, 0.25) is 16.9 Å². The first-order chi connectivity index (χ1) is 32.5. The summed E-state index contributed by atoms with van der Waals surface area (Å²) in [6.07, 6.45) is 2.32. The first-order valence-electron chi connectivity index (χ1n) is 24.0. The van der Waals surface area contributed by atoms with Gasteiger partial charge in [0, 0.05) is 59.9 Å². The van der Waals surface area contributed by atoms with Crippen LogP contribution in [0.5, 0.6) is 0 Å². The number of hydrogen-bond acceptors (Lipinski definition) is 0. The van der Waals surface area contributed by atoms with E-state index in [9.17, 15) is 0 Å². The van der Waals surface area contributed by atoms with Crippen molar-refractivity contribution in [2.45, 2.75) is 58.7 Å². The van der Waals surface area contributed by atoms with Gasteiger partial charge in [-0.1, -0.05) is 145 Å². The normalized spacial score (nSPS) is 21.9. The van der Waals surface area contributed by atoms with Gasteiger partial charge in [0.05, 0.1) is 11.1 Å². The Labute approximate surface area is 391 Å². The van der Waals surface area contributed by atoms with Crippen molar-refractivity contribution in [3.8, 4) is 50.3 Å². The number of nitrogens with zero attached hydrogens (tertiary/aromatic N) is 5. The molecule has 2 aromatic heterocycles. The molecular formula is C62H51N5+4. The van der Waals surface area contributed by atoms with Crippen LogP contribution in [0.1, 0.15) is 52.7 Å². The van der Waals surface area contributed by atoms with Crippen molar-refractivity contribution in [1.29, 1.82) is 0 Å². The maximum atomic E-state index is 2.69. The second-order valence-corrected chi connectivity index (χ2v) is 21.6. The summed E-state index contributed by atoms with van der Waals surface area (Å²) < 4.78 is 7.13. The first-order valence-corrected chi connectivity index (χ1v) is 24.0. The predicted octanol–water partition coefficient (Wildman–Crippen LogP) is 15.6. The largest absolute Gasteiger partial charge is 0.498 e. The van der Waals surface area contributed by atoms with Crippen LogP contribution in [0.4, 0.5) is 34.1 Å². The summed E-state index contributed by atoms with van der Waals surface area (Å²) >= 11 is 0. The zero-order valence-corrected chi connectivity index (χ0v) is 38.8. The molecule has 5 nitrogen and oxygen atoms in total. The lowest BCUT2D eigenvalue weighted by Crippen LogP contribution is -2.74. The molecule has 0 N–H and O–H groups in total. The maximum Gasteiger partial charge on any atom is 0.498 e. The van der Waals surface area contributed by atoms with Crippen molar-refractivity contribution < 1.29 is 4.68 Å². The van der Waals surface area contributed by atoms with Gasteiger partial charge in [-0.2, -0.15) is 4.57 Å². The fourth-order valence-corrected chi connectivity index (χ4v) is 13.9. The van der Waals surface area contributed by atoms with Gasteiger partial charge < -0.3 is 0 Å². The minimum atomic E-state index is -0.0818. The number of quaternary nitrogens is 3. The molecule has 0 bridgehead atoms. The number of fused-ring (bicyclic) bond motifs is 11. The third kappa shape index (κ3) is 4.11. The molecule has 10 aromatic rings. The van der Waals surface area contributed by atoms with Gasteiger partial charge >= 0.3 is 12.1 Å². The van der Waals surface area contributed by atoms with Crippen LogP contribution in [-0.2, 0) is 10.8 Å². The fraction of sp³-hybridized carbons (Fsp3) is 0.145. The molecule has 15 rings (SSSR count). The number of rotatable bonds is 3. The van der Waals surface area contributed by atoms with Gasteiger partial charge in [0.15, 0.2) is 6.20 Å². The summed E-state index contributed by atoms with van der Waals surface area (Å²) in [7, 11) is 0. The molecular weight excluding hydrogens is 815 g/mol. The Kier molecular flexibility index (Phi) is 6.84. The Bertz CT molecular complexity index is 3790. The fourth-order valence-electron chi connectivity index (χ4n) is 13.9. The van der Waals surface area contributed by atoms with Gasteiger partial charge in [-0.15, -0.1) is 0 Å². The molecule has 0 aliphatic carbocycles. The molecule has 5 aliphatic rings. The standard InChI is InChI=1S/C62H51N5/c1-61(2,3)49-37-47-45-28-20-32-54-58(45)65(59-46(48(47)38-50(49)62(4,5)6)35-34-44-43-25-13-14-29-51(43)64(56(44)59)55-33-17-18-36-63(55)65)60-66(54)52-30-15-16-31-53(52)67(60,66)57-41(39-21-9-7-10-22-39)26-19-27-42(57)40-23-11-8-12-24-40/h7-38,60H,1-6H3/q+4. The highest BCUT2D eigenvalue weighted by Gasteiger charge is 3.11. The average molecular weight is 866 g/mol. The van der Waals surface area contributed by atoms with Crippen LogP contribution < -0.4 is 18.5 Å². The van der Waals surface area contributed by atoms with Crippen molar-refractivity contribution in [3.63, 3.8) is 0 Å². The van der Waals surface area contributed by atoms with E-state index in [1.165, 1.54) is 117 Å². The van der Waals surface area contributed by atoms with Crippen LogP contribution in [-0.4, -0.2) is 10.9 Å². The van der Waals surface area contributed by atoms with Crippen LogP contribution in [0.25, 0.3) is 72.1 Å². The molecule has 7 heterocycles. The molecule has 8 aromatic carbocycles. The smallest absolute Gasteiger partial charge is 0.181 e. The van der Waals surface area contributed by atoms with E-state index in [0.717, 1.165) is 0 Å². The van der Waals surface area contributed by atoms with Gasteiger partial charge in [0.25, 0.3) is 22.7 Å². The van der Waals surface area contributed by atoms with E-state index in [2.05, 4.69) is 245 Å². The van der Waals surface area contributed by atoms with Gasteiger partial charge in [-0.3, -0.25) is 0 Å². The van der Waals surface area contributed by atoms with E-state index in [0.29, 0.717) is 13.8 Å². The van der Waals surface area contributed by atoms with E-state index in [1.807, 2.05) is 0 Å². The molecule has 5 heteroatoms. The minimum absolute atomic E-state index is 0.0762. The summed E-state index contributed by atoms with van der Waals surface area (Å²) in [5.41, 5.74) is 23.6. The molecule has 1 fully saturated rings. The van der Waals surface area contributed by atoms with Crippen LogP contribution in [0.3, 0.4) is 0 Å². The van der Waals surface area contributed by atoms with E-state index < -0.39 is 0 Å². The number of hydrogen-bond donors (Lipinski definition) is 0. The minimum Gasteiger partial charge on any atom is -0.181 e. The summed E-state index contributed by atoms with van der Waals surface area (Å²) in [6.45, 7) is 14.4. The van der Waals surface area contributed by atoms with Crippen molar-refractivity contribution >= 4 is 55.9 Å². The number of para-hydroxylation sites is 5. The van der Waals surface area contributed by atoms with Crippen LogP contribution in [0.15, 0.2) is 194 Å². The quantitative estimate of drug-likeness (QED) is 0.0950. The van der Waals surface area contributed by atoms with E-state index in [-0.39, 0.29) is 17.1 Å². The molecule has 1 saturated heterocycles. The van der Waals surface area contributed by atoms with E-state index in [4.69, 9.17) is 0 Å². The third-order valence-electron chi connectivity index (χ3n) is 16.2. The summed E-state index contributed by atoms with van der Waals surface area (Å²) in [4.78, 5) is 0. The zero-order chi connectivity index (χ0) is 45.0. The van der Waals surface area contributed by atoms with Crippen molar-refractivity contribution in [1.82, 2.24) is 18.3 Å². The predicted molar refractivity (Wildman–Crippen MR) is 277 cm³/mol. The molecule has 0 radical (unpaired) electrons.